The van der Waals surface area contributed by atoms with Gasteiger partial charge in [0.15, 0.2) is 0 Å². The van der Waals surface area contributed by atoms with E-state index in [1.807, 2.05) is 41.1 Å². The van der Waals surface area contributed by atoms with E-state index >= 15 is 0 Å². The maximum atomic E-state index is 13.8. The highest BCUT2D eigenvalue weighted by atomic mass is 19.1. The lowest BCUT2D eigenvalue weighted by Gasteiger charge is -2.08. The number of fused-ring (bicyclic) bond motifs is 1. The summed E-state index contributed by atoms with van der Waals surface area (Å²) in [5, 5.41) is 9.94. The van der Waals surface area contributed by atoms with E-state index in [9.17, 15) is 4.39 Å². The van der Waals surface area contributed by atoms with Crippen molar-refractivity contribution in [3.8, 4) is 6.07 Å². The topological polar surface area (TPSA) is 54.7 Å². The van der Waals surface area contributed by atoms with Gasteiger partial charge in [-0.25, -0.2) is 4.39 Å². The van der Waals surface area contributed by atoms with E-state index in [-0.39, 0.29) is 5.82 Å². The Morgan fingerprint density at radius 2 is 2.00 bits per heavy atom. The minimum absolute atomic E-state index is 0.310. The van der Waals surface area contributed by atoms with Gasteiger partial charge in [0.05, 0.1) is 23.7 Å². The molecule has 0 saturated carbocycles. The van der Waals surface area contributed by atoms with Crippen molar-refractivity contribution in [3.05, 3.63) is 65.6 Å². The fraction of sp³-hybridized carbons (Fsp3) is 0.0625. The minimum Gasteiger partial charge on any atom is -0.399 e. The summed E-state index contributed by atoms with van der Waals surface area (Å²) >= 11 is 0. The van der Waals surface area contributed by atoms with Crippen molar-refractivity contribution in [2.45, 2.75) is 6.54 Å². The lowest BCUT2D eigenvalue weighted by atomic mass is 10.1. The zero-order valence-electron chi connectivity index (χ0n) is 10.7. The normalized spacial score (nSPS) is 10.6. The van der Waals surface area contributed by atoms with Gasteiger partial charge in [-0.05, 0) is 41.8 Å². The number of anilines is 1. The predicted molar refractivity (Wildman–Crippen MR) is 76.6 cm³/mol. The lowest BCUT2D eigenvalue weighted by Crippen LogP contribution is -2.01. The highest BCUT2D eigenvalue weighted by Gasteiger charge is 2.07. The first-order chi connectivity index (χ1) is 9.67. The summed E-state index contributed by atoms with van der Waals surface area (Å²) in [6, 6.07) is 14.0. The molecule has 3 aromatic rings. The second kappa shape index (κ2) is 4.71. The molecular formula is C16H12FN3. The number of nitrogens with two attached hydrogens (primary N) is 1. The van der Waals surface area contributed by atoms with Crippen LogP contribution in [0.25, 0.3) is 10.9 Å². The van der Waals surface area contributed by atoms with Crippen molar-refractivity contribution in [2.75, 3.05) is 5.73 Å². The minimum atomic E-state index is -0.310. The van der Waals surface area contributed by atoms with Gasteiger partial charge in [-0.2, -0.15) is 5.26 Å². The second-order valence-corrected chi connectivity index (χ2v) is 4.68. The lowest BCUT2D eigenvalue weighted by molar-refractivity contribution is 0.602. The van der Waals surface area contributed by atoms with E-state index in [2.05, 4.69) is 0 Å². The molecule has 0 saturated heterocycles. The number of hydrogen-bond donors (Lipinski definition) is 1. The number of rotatable bonds is 2. The first-order valence-electron chi connectivity index (χ1n) is 6.20. The van der Waals surface area contributed by atoms with Crippen LogP contribution in [0.15, 0.2) is 48.7 Å². The van der Waals surface area contributed by atoms with Crippen LogP contribution in [-0.2, 0) is 6.54 Å². The van der Waals surface area contributed by atoms with Crippen LogP contribution in [-0.4, -0.2) is 4.57 Å². The van der Waals surface area contributed by atoms with Crippen molar-refractivity contribution in [1.82, 2.24) is 4.57 Å². The van der Waals surface area contributed by atoms with Gasteiger partial charge in [0.2, 0.25) is 0 Å². The SMILES string of the molecule is N#Cc1ccc(F)c(Cn2ccc3ccc(N)cc32)c1. The van der Waals surface area contributed by atoms with Crippen LogP contribution < -0.4 is 5.73 Å². The molecule has 0 aliphatic heterocycles. The number of nitrogen functional groups attached to an aromatic ring is 1. The molecule has 2 aromatic carbocycles. The Morgan fingerprint density at radius 3 is 2.80 bits per heavy atom. The number of nitriles is 1. The summed E-state index contributed by atoms with van der Waals surface area (Å²) in [4.78, 5) is 0. The van der Waals surface area contributed by atoms with E-state index in [1.54, 1.807) is 6.07 Å². The molecule has 20 heavy (non-hydrogen) atoms. The molecular weight excluding hydrogens is 253 g/mol. The molecule has 0 bridgehead atoms. The number of hydrogen-bond acceptors (Lipinski definition) is 2. The Morgan fingerprint density at radius 1 is 1.15 bits per heavy atom. The van der Waals surface area contributed by atoms with Crippen LogP contribution in [0.4, 0.5) is 10.1 Å². The Balaban J connectivity index is 2.05. The van der Waals surface area contributed by atoms with Crippen LogP contribution in [0, 0.1) is 17.1 Å². The maximum Gasteiger partial charge on any atom is 0.128 e. The molecule has 0 spiro atoms. The molecule has 2 N–H and O–H groups in total. The molecule has 0 aliphatic rings. The summed E-state index contributed by atoms with van der Waals surface area (Å²) in [6.07, 6.45) is 1.89. The van der Waals surface area contributed by atoms with Gasteiger partial charge in [0, 0.05) is 17.4 Å². The predicted octanol–water partition coefficient (Wildman–Crippen LogP) is 3.28. The highest BCUT2D eigenvalue weighted by molar-refractivity contribution is 5.83. The molecule has 0 aliphatic carbocycles. The van der Waals surface area contributed by atoms with Gasteiger partial charge in [0.25, 0.3) is 0 Å². The fourth-order valence-electron chi connectivity index (χ4n) is 2.29. The quantitative estimate of drug-likeness (QED) is 0.723. The Hall–Kier alpha value is -2.80. The largest absolute Gasteiger partial charge is 0.399 e. The van der Waals surface area contributed by atoms with Crippen molar-refractivity contribution < 1.29 is 4.39 Å². The number of benzene rings is 2. The summed E-state index contributed by atoms with van der Waals surface area (Å²) < 4.78 is 15.8. The first kappa shape index (κ1) is 12.2. The Kier molecular flexibility index (Phi) is 2.88. The molecule has 0 amide bonds. The third-order valence-electron chi connectivity index (χ3n) is 3.31. The average molecular weight is 265 g/mol. The monoisotopic (exact) mass is 265 g/mol. The van der Waals surface area contributed by atoms with Crippen molar-refractivity contribution in [2.24, 2.45) is 0 Å². The summed E-state index contributed by atoms with van der Waals surface area (Å²) in [7, 11) is 0. The molecule has 1 aromatic heterocycles. The van der Waals surface area contributed by atoms with Crippen molar-refractivity contribution in [1.29, 1.82) is 5.26 Å². The van der Waals surface area contributed by atoms with Gasteiger partial charge in [0.1, 0.15) is 5.82 Å². The van der Waals surface area contributed by atoms with Gasteiger partial charge in [-0.3, -0.25) is 0 Å². The van der Waals surface area contributed by atoms with Crippen LogP contribution in [0.2, 0.25) is 0 Å². The van der Waals surface area contributed by atoms with E-state index in [1.165, 1.54) is 12.1 Å². The smallest absolute Gasteiger partial charge is 0.128 e. The molecule has 4 heteroatoms. The van der Waals surface area contributed by atoms with Crippen LogP contribution in [0.3, 0.4) is 0 Å². The molecule has 0 atom stereocenters. The third-order valence-corrected chi connectivity index (χ3v) is 3.31. The molecule has 0 radical (unpaired) electrons. The third kappa shape index (κ3) is 2.10. The summed E-state index contributed by atoms with van der Waals surface area (Å²) in [5.74, 6) is -0.310. The van der Waals surface area contributed by atoms with E-state index < -0.39 is 0 Å². The number of nitrogens with zero attached hydrogens (tertiary/aromatic N) is 2. The first-order valence-corrected chi connectivity index (χ1v) is 6.20. The molecule has 1 heterocycles. The number of aromatic nitrogens is 1. The van der Waals surface area contributed by atoms with Gasteiger partial charge >= 0.3 is 0 Å². The van der Waals surface area contributed by atoms with Gasteiger partial charge < -0.3 is 10.3 Å². The van der Waals surface area contributed by atoms with E-state index in [0.717, 1.165) is 10.9 Å². The summed E-state index contributed by atoms with van der Waals surface area (Å²) in [5.41, 5.74) is 8.36. The molecule has 3 rings (SSSR count). The summed E-state index contributed by atoms with van der Waals surface area (Å²) in [6.45, 7) is 0.369. The molecule has 0 unspecified atom stereocenters. The molecule has 0 fully saturated rings. The molecule has 98 valence electrons. The fourth-order valence-corrected chi connectivity index (χ4v) is 2.29. The van der Waals surface area contributed by atoms with E-state index in [4.69, 9.17) is 11.0 Å². The standard InChI is InChI=1S/C16H12FN3/c17-15-4-1-11(9-18)7-13(15)10-20-6-5-12-2-3-14(19)8-16(12)20/h1-8H,10,19H2. The number of halogens is 1. The van der Waals surface area contributed by atoms with Crippen LogP contribution >= 0.6 is 0 Å². The Labute approximate surface area is 115 Å². The highest BCUT2D eigenvalue weighted by Crippen LogP contribution is 2.21. The second-order valence-electron chi connectivity index (χ2n) is 4.68. The van der Waals surface area contributed by atoms with Gasteiger partial charge in [-0.15, -0.1) is 0 Å². The maximum absolute atomic E-state index is 13.8. The van der Waals surface area contributed by atoms with Crippen LogP contribution in [0.1, 0.15) is 11.1 Å². The van der Waals surface area contributed by atoms with Gasteiger partial charge in [-0.1, -0.05) is 6.07 Å². The Bertz CT molecular complexity index is 827. The zero-order valence-corrected chi connectivity index (χ0v) is 10.7. The van der Waals surface area contributed by atoms with Crippen LogP contribution in [0.5, 0.6) is 0 Å². The van der Waals surface area contributed by atoms with Crippen molar-refractivity contribution >= 4 is 16.6 Å². The zero-order chi connectivity index (χ0) is 14.1. The van der Waals surface area contributed by atoms with Crippen molar-refractivity contribution in [3.63, 3.8) is 0 Å². The average Bonchev–Trinajstić information content (AvgIpc) is 2.84. The molecule has 3 nitrogen and oxygen atoms in total. The van der Waals surface area contributed by atoms with E-state index in [0.29, 0.717) is 23.4 Å².